The molecule has 0 aliphatic heterocycles. The Kier molecular flexibility index (Phi) is 7.98. The molecule has 19 heavy (non-hydrogen) atoms. The van der Waals surface area contributed by atoms with Crippen LogP contribution in [0.25, 0.3) is 0 Å². The number of hydrogen-bond donors (Lipinski definition) is 1. The van der Waals surface area contributed by atoms with Gasteiger partial charge in [0.1, 0.15) is 0 Å². The van der Waals surface area contributed by atoms with E-state index in [1.165, 1.54) is 6.92 Å². The van der Waals surface area contributed by atoms with Crippen molar-refractivity contribution >= 4 is 17.7 Å². The second-order valence-electron chi connectivity index (χ2n) is 4.88. The average Bonchev–Trinajstić information content (AvgIpc) is 2.24. The van der Waals surface area contributed by atoms with E-state index in [0.717, 1.165) is 0 Å². The number of ether oxygens (including phenoxy) is 1. The summed E-state index contributed by atoms with van der Waals surface area (Å²) in [4.78, 5) is 35.9. The molecule has 6 nitrogen and oxygen atoms in total. The van der Waals surface area contributed by atoms with Crippen LogP contribution in [-0.4, -0.2) is 55.3 Å². The van der Waals surface area contributed by atoms with Crippen LogP contribution in [0.3, 0.4) is 0 Å². The van der Waals surface area contributed by atoms with E-state index >= 15 is 0 Å². The summed E-state index contributed by atoms with van der Waals surface area (Å²) in [6.45, 7) is 7.34. The van der Waals surface area contributed by atoms with Crippen molar-refractivity contribution in [3.8, 4) is 0 Å². The molecule has 0 fully saturated rings. The Morgan fingerprint density at radius 3 is 2.21 bits per heavy atom. The van der Waals surface area contributed by atoms with Crippen molar-refractivity contribution in [3.63, 3.8) is 0 Å². The van der Waals surface area contributed by atoms with Crippen LogP contribution in [0.2, 0.25) is 0 Å². The SMILES string of the molecule is CCOC(=O)CN(C)CC(=O)NC(C(C)=O)C(C)C. The van der Waals surface area contributed by atoms with E-state index in [4.69, 9.17) is 4.74 Å². The highest BCUT2D eigenvalue weighted by molar-refractivity contribution is 5.88. The molecule has 0 aromatic heterocycles. The van der Waals surface area contributed by atoms with Crippen LogP contribution >= 0.6 is 0 Å². The van der Waals surface area contributed by atoms with Crippen molar-refractivity contribution in [1.82, 2.24) is 10.2 Å². The van der Waals surface area contributed by atoms with Gasteiger partial charge in [-0.1, -0.05) is 13.8 Å². The van der Waals surface area contributed by atoms with Crippen molar-refractivity contribution in [2.45, 2.75) is 33.7 Å². The van der Waals surface area contributed by atoms with E-state index in [9.17, 15) is 14.4 Å². The number of ketones is 1. The van der Waals surface area contributed by atoms with Crippen LogP contribution in [0.5, 0.6) is 0 Å². The normalized spacial score (nSPS) is 12.4. The smallest absolute Gasteiger partial charge is 0.320 e. The Bertz CT molecular complexity index is 329. The minimum atomic E-state index is -0.483. The number of likely N-dealkylation sites (N-methyl/N-ethyl adjacent to an activating group) is 1. The van der Waals surface area contributed by atoms with Crippen LogP contribution in [0.1, 0.15) is 27.7 Å². The molecule has 0 heterocycles. The summed E-state index contributed by atoms with van der Waals surface area (Å²) in [7, 11) is 1.65. The Balaban J connectivity index is 4.22. The summed E-state index contributed by atoms with van der Waals surface area (Å²) in [6, 6.07) is -0.483. The molecule has 0 aliphatic rings. The van der Waals surface area contributed by atoms with Gasteiger partial charge in [-0.25, -0.2) is 0 Å². The van der Waals surface area contributed by atoms with Crippen molar-refractivity contribution < 1.29 is 19.1 Å². The quantitative estimate of drug-likeness (QED) is 0.639. The number of nitrogens with zero attached hydrogens (tertiary/aromatic N) is 1. The first-order valence-electron chi connectivity index (χ1n) is 6.41. The van der Waals surface area contributed by atoms with Crippen molar-refractivity contribution in [1.29, 1.82) is 0 Å². The molecular formula is C13H24N2O4. The van der Waals surface area contributed by atoms with E-state index in [-0.39, 0.29) is 36.7 Å². The van der Waals surface area contributed by atoms with Crippen LogP contribution in [0, 0.1) is 5.92 Å². The zero-order valence-electron chi connectivity index (χ0n) is 12.4. The highest BCUT2D eigenvalue weighted by Gasteiger charge is 2.21. The molecule has 1 amide bonds. The molecule has 110 valence electrons. The predicted octanol–water partition coefficient (Wildman–Crippen LogP) is 0.211. The van der Waals surface area contributed by atoms with Gasteiger partial charge in [-0.05, 0) is 26.8 Å². The van der Waals surface area contributed by atoms with E-state index in [2.05, 4.69) is 5.32 Å². The lowest BCUT2D eigenvalue weighted by Gasteiger charge is -2.21. The first-order valence-corrected chi connectivity index (χ1v) is 6.41. The van der Waals surface area contributed by atoms with Gasteiger partial charge in [0, 0.05) is 0 Å². The molecule has 6 heteroatoms. The van der Waals surface area contributed by atoms with Gasteiger partial charge in [0.15, 0.2) is 5.78 Å². The van der Waals surface area contributed by atoms with E-state index < -0.39 is 6.04 Å². The molecule has 0 rings (SSSR count). The number of carbonyl (C=O) groups is 3. The Morgan fingerprint density at radius 2 is 1.79 bits per heavy atom. The van der Waals surface area contributed by atoms with Gasteiger partial charge in [0.25, 0.3) is 0 Å². The summed E-state index contributed by atoms with van der Waals surface area (Å²) >= 11 is 0. The minimum absolute atomic E-state index is 0.0387. The number of hydrogen-bond acceptors (Lipinski definition) is 5. The molecule has 1 N–H and O–H groups in total. The van der Waals surface area contributed by atoms with E-state index in [0.29, 0.717) is 6.61 Å². The number of nitrogens with one attached hydrogen (secondary N) is 1. The molecule has 1 unspecified atom stereocenters. The molecule has 0 aromatic carbocycles. The maximum absolute atomic E-state index is 11.8. The lowest BCUT2D eigenvalue weighted by Crippen LogP contribution is -2.47. The van der Waals surface area contributed by atoms with Crippen molar-refractivity contribution in [3.05, 3.63) is 0 Å². The van der Waals surface area contributed by atoms with Crippen LogP contribution in [0.15, 0.2) is 0 Å². The van der Waals surface area contributed by atoms with Gasteiger partial charge in [-0.2, -0.15) is 0 Å². The lowest BCUT2D eigenvalue weighted by molar-refractivity contribution is -0.144. The number of rotatable bonds is 8. The molecule has 0 spiro atoms. The van der Waals surface area contributed by atoms with Crippen LogP contribution < -0.4 is 5.32 Å². The monoisotopic (exact) mass is 272 g/mol. The van der Waals surface area contributed by atoms with Crippen molar-refractivity contribution in [2.75, 3.05) is 26.7 Å². The number of carbonyl (C=O) groups excluding carboxylic acids is 3. The second kappa shape index (κ2) is 8.63. The van der Waals surface area contributed by atoms with Gasteiger partial charge < -0.3 is 10.1 Å². The molecule has 0 radical (unpaired) electrons. The topological polar surface area (TPSA) is 75.7 Å². The molecule has 0 saturated heterocycles. The summed E-state index contributed by atoms with van der Waals surface area (Å²) in [5.41, 5.74) is 0. The standard InChI is InChI=1S/C13H24N2O4/c1-6-19-12(18)8-15(5)7-11(17)14-13(9(2)3)10(4)16/h9,13H,6-8H2,1-5H3,(H,14,17). The fraction of sp³-hybridized carbons (Fsp3) is 0.769. The zero-order chi connectivity index (χ0) is 15.0. The molecule has 0 bridgehead atoms. The maximum Gasteiger partial charge on any atom is 0.320 e. The van der Waals surface area contributed by atoms with E-state index in [1.54, 1.807) is 18.9 Å². The number of amides is 1. The summed E-state index contributed by atoms with van der Waals surface area (Å²) in [5, 5.41) is 2.67. The van der Waals surface area contributed by atoms with Gasteiger partial charge in [-0.15, -0.1) is 0 Å². The molecule has 1 atom stereocenters. The lowest BCUT2D eigenvalue weighted by atomic mass is 10.0. The number of esters is 1. The third-order valence-electron chi connectivity index (χ3n) is 2.54. The highest BCUT2D eigenvalue weighted by Crippen LogP contribution is 2.02. The third kappa shape index (κ3) is 7.56. The van der Waals surface area contributed by atoms with Gasteiger partial charge in [-0.3, -0.25) is 19.3 Å². The highest BCUT2D eigenvalue weighted by atomic mass is 16.5. The summed E-state index contributed by atoms with van der Waals surface area (Å²) < 4.78 is 4.79. The summed E-state index contributed by atoms with van der Waals surface area (Å²) in [5.74, 6) is -0.682. The van der Waals surface area contributed by atoms with Crippen LogP contribution in [-0.2, 0) is 19.1 Å². The second-order valence-corrected chi connectivity index (χ2v) is 4.88. The van der Waals surface area contributed by atoms with Gasteiger partial charge in [0.05, 0.1) is 25.7 Å². The predicted molar refractivity (Wildman–Crippen MR) is 71.6 cm³/mol. The first-order chi connectivity index (χ1) is 8.77. The molecule has 0 aliphatic carbocycles. The fourth-order valence-electron chi connectivity index (χ4n) is 1.68. The van der Waals surface area contributed by atoms with Crippen molar-refractivity contribution in [2.24, 2.45) is 5.92 Å². The fourth-order valence-corrected chi connectivity index (χ4v) is 1.68. The summed E-state index contributed by atoms with van der Waals surface area (Å²) in [6.07, 6.45) is 0. The first kappa shape index (κ1) is 17.6. The number of Topliss-reactive ketones (excluding diaryl/α,β-unsaturated/α-hetero) is 1. The average molecular weight is 272 g/mol. The molecular weight excluding hydrogens is 248 g/mol. The minimum Gasteiger partial charge on any atom is -0.465 e. The van der Waals surface area contributed by atoms with E-state index in [1.807, 2.05) is 13.8 Å². The molecule has 0 aromatic rings. The Hall–Kier alpha value is -1.43. The molecule has 0 saturated carbocycles. The van der Waals surface area contributed by atoms with Gasteiger partial charge in [0.2, 0.25) is 5.91 Å². The Labute approximate surface area is 114 Å². The van der Waals surface area contributed by atoms with Crippen LogP contribution in [0.4, 0.5) is 0 Å². The largest absolute Gasteiger partial charge is 0.465 e. The van der Waals surface area contributed by atoms with Gasteiger partial charge >= 0.3 is 5.97 Å². The third-order valence-corrected chi connectivity index (χ3v) is 2.54. The maximum atomic E-state index is 11.8. The zero-order valence-corrected chi connectivity index (χ0v) is 12.4. The Morgan fingerprint density at radius 1 is 1.21 bits per heavy atom.